The van der Waals surface area contributed by atoms with Gasteiger partial charge in [-0.2, -0.15) is 0 Å². The van der Waals surface area contributed by atoms with Crippen LogP contribution in [0.25, 0.3) is 22.0 Å². The van der Waals surface area contributed by atoms with Crippen molar-refractivity contribution in [3.63, 3.8) is 0 Å². The summed E-state index contributed by atoms with van der Waals surface area (Å²) in [5.41, 5.74) is 2.93. The van der Waals surface area contributed by atoms with E-state index >= 15 is 0 Å². The summed E-state index contributed by atoms with van der Waals surface area (Å²) in [6.07, 6.45) is 0.229. The average Bonchev–Trinajstić information content (AvgIpc) is 3.28. The molecular weight excluding hydrogens is 428 g/mol. The number of amides is 1. The Kier molecular flexibility index (Phi) is 5.79. The van der Waals surface area contributed by atoms with Crippen LogP contribution in [0.15, 0.2) is 103 Å². The second-order valence-electron chi connectivity index (χ2n) is 7.66. The molecule has 0 aliphatic rings. The van der Waals surface area contributed by atoms with Gasteiger partial charge in [0.2, 0.25) is 11.7 Å². The number of aromatic nitrogens is 1. The summed E-state index contributed by atoms with van der Waals surface area (Å²) in [6, 6.07) is 32.7. The number of anilines is 1. The first-order valence-corrected chi connectivity index (χ1v) is 11.4. The van der Waals surface area contributed by atoms with E-state index in [4.69, 9.17) is 0 Å². The Bertz CT molecular complexity index is 1440. The van der Waals surface area contributed by atoms with Crippen molar-refractivity contribution in [2.24, 2.45) is 0 Å². The lowest BCUT2D eigenvalue weighted by Crippen LogP contribution is -2.14. The second-order valence-corrected chi connectivity index (χ2v) is 8.66. The van der Waals surface area contributed by atoms with Crippen molar-refractivity contribution in [3.8, 4) is 11.3 Å². The third-order valence-corrected chi connectivity index (χ3v) is 6.31. The molecule has 0 spiro atoms. The highest BCUT2D eigenvalue weighted by Gasteiger charge is 2.21. The average molecular weight is 449 g/mol. The van der Waals surface area contributed by atoms with E-state index in [0.29, 0.717) is 21.3 Å². The Labute approximate surface area is 195 Å². The highest BCUT2D eigenvalue weighted by Crippen LogP contribution is 2.33. The number of nitrogens with one attached hydrogen (secondary N) is 1. The van der Waals surface area contributed by atoms with E-state index in [2.05, 4.69) is 10.3 Å². The molecule has 1 aromatic heterocycles. The zero-order valence-corrected chi connectivity index (χ0v) is 18.5. The number of ketones is 1. The predicted octanol–water partition coefficient (Wildman–Crippen LogP) is 6.38. The summed E-state index contributed by atoms with van der Waals surface area (Å²) < 4.78 is 0. The molecule has 33 heavy (non-hydrogen) atoms. The molecule has 160 valence electrons. The number of nitrogens with zero attached hydrogens (tertiary/aromatic N) is 1. The quantitative estimate of drug-likeness (QED) is 0.307. The largest absolute Gasteiger partial charge is 0.302 e. The standard InChI is InChI=1S/C28H20N2O2S/c31-24(18-19-15-16-20-9-7-8-14-23(20)17-19)29-28-30-25(21-10-3-1-4-11-21)27(33-28)26(32)22-12-5-2-6-13-22/h1-17H,18H2,(H,29,30,31). The summed E-state index contributed by atoms with van der Waals surface area (Å²) in [5, 5.41) is 5.54. The van der Waals surface area contributed by atoms with Gasteiger partial charge in [-0.15, -0.1) is 0 Å². The summed E-state index contributed by atoms with van der Waals surface area (Å²) in [7, 11) is 0. The fraction of sp³-hybridized carbons (Fsp3) is 0.0357. The van der Waals surface area contributed by atoms with Crippen LogP contribution in [-0.4, -0.2) is 16.7 Å². The van der Waals surface area contributed by atoms with Gasteiger partial charge in [0, 0.05) is 11.1 Å². The number of fused-ring (bicyclic) bond motifs is 1. The summed E-state index contributed by atoms with van der Waals surface area (Å²) in [4.78, 5) is 31.1. The van der Waals surface area contributed by atoms with Gasteiger partial charge in [-0.05, 0) is 16.3 Å². The van der Waals surface area contributed by atoms with Crippen LogP contribution < -0.4 is 5.32 Å². The molecule has 0 fully saturated rings. The Balaban J connectivity index is 1.42. The minimum absolute atomic E-state index is 0.109. The molecule has 0 unspecified atom stereocenters. The molecular formula is C28H20N2O2S. The van der Waals surface area contributed by atoms with Gasteiger partial charge in [-0.1, -0.05) is 114 Å². The van der Waals surface area contributed by atoms with Crippen molar-refractivity contribution in [2.75, 3.05) is 5.32 Å². The third-order valence-electron chi connectivity index (χ3n) is 5.34. The first kappa shape index (κ1) is 20.8. The van der Waals surface area contributed by atoms with Gasteiger partial charge in [0.1, 0.15) is 4.88 Å². The number of benzene rings is 4. The first-order chi connectivity index (χ1) is 16.2. The van der Waals surface area contributed by atoms with E-state index in [-0.39, 0.29) is 18.1 Å². The summed E-state index contributed by atoms with van der Waals surface area (Å²) >= 11 is 1.21. The van der Waals surface area contributed by atoms with E-state index in [1.807, 2.05) is 91.0 Å². The lowest BCUT2D eigenvalue weighted by Gasteiger charge is -2.04. The van der Waals surface area contributed by atoms with Crippen molar-refractivity contribution in [1.82, 2.24) is 4.98 Å². The molecule has 1 amide bonds. The van der Waals surface area contributed by atoms with Gasteiger partial charge >= 0.3 is 0 Å². The molecule has 1 N–H and O–H groups in total. The van der Waals surface area contributed by atoms with Crippen molar-refractivity contribution in [2.45, 2.75) is 6.42 Å². The fourth-order valence-corrected chi connectivity index (χ4v) is 4.70. The van der Waals surface area contributed by atoms with E-state index in [0.717, 1.165) is 21.9 Å². The maximum atomic E-state index is 13.2. The highest BCUT2D eigenvalue weighted by atomic mass is 32.1. The smallest absolute Gasteiger partial charge is 0.230 e. The number of thiazole rings is 1. The molecule has 0 aliphatic heterocycles. The van der Waals surface area contributed by atoms with Crippen LogP contribution in [0, 0.1) is 0 Å². The Morgan fingerprint density at radius 1 is 0.758 bits per heavy atom. The van der Waals surface area contributed by atoms with Gasteiger partial charge in [0.25, 0.3) is 0 Å². The maximum Gasteiger partial charge on any atom is 0.230 e. The minimum atomic E-state index is -0.169. The van der Waals surface area contributed by atoms with Crippen LogP contribution >= 0.6 is 11.3 Å². The normalized spacial score (nSPS) is 10.8. The number of hydrogen-bond donors (Lipinski definition) is 1. The highest BCUT2D eigenvalue weighted by molar-refractivity contribution is 7.18. The Morgan fingerprint density at radius 3 is 2.18 bits per heavy atom. The lowest BCUT2D eigenvalue weighted by molar-refractivity contribution is -0.115. The second kappa shape index (κ2) is 9.18. The molecule has 0 bridgehead atoms. The van der Waals surface area contributed by atoms with Crippen LogP contribution in [0.1, 0.15) is 20.8 Å². The van der Waals surface area contributed by atoms with Gasteiger partial charge in [0.05, 0.1) is 12.1 Å². The van der Waals surface area contributed by atoms with E-state index in [1.54, 1.807) is 12.1 Å². The van der Waals surface area contributed by atoms with Gasteiger partial charge in [-0.25, -0.2) is 4.98 Å². The van der Waals surface area contributed by atoms with Gasteiger partial charge in [0.15, 0.2) is 5.13 Å². The molecule has 0 aliphatic carbocycles. The molecule has 1 heterocycles. The van der Waals surface area contributed by atoms with E-state index in [1.165, 1.54) is 11.3 Å². The third kappa shape index (κ3) is 4.59. The van der Waals surface area contributed by atoms with Crippen molar-refractivity contribution in [3.05, 3.63) is 119 Å². The molecule has 5 rings (SSSR count). The van der Waals surface area contributed by atoms with Crippen LogP contribution in [-0.2, 0) is 11.2 Å². The Morgan fingerprint density at radius 2 is 1.42 bits per heavy atom. The summed E-state index contributed by atoms with van der Waals surface area (Å²) in [5.74, 6) is -0.278. The molecule has 0 saturated carbocycles. The zero-order valence-electron chi connectivity index (χ0n) is 17.7. The summed E-state index contributed by atoms with van der Waals surface area (Å²) in [6.45, 7) is 0. The topological polar surface area (TPSA) is 59.1 Å². The molecule has 5 heteroatoms. The maximum absolute atomic E-state index is 13.2. The van der Waals surface area contributed by atoms with Crippen LogP contribution in [0.3, 0.4) is 0 Å². The monoisotopic (exact) mass is 448 g/mol. The van der Waals surface area contributed by atoms with Crippen LogP contribution in [0.4, 0.5) is 5.13 Å². The van der Waals surface area contributed by atoms with E-state index < -0.39 is 0 Å². The van der Waals surface area contributed by atoms with Gasteiger partial charge < -0.3 is 5.32 Å². The van der Waals surface area contributed by atoms with Crippen molar-refractivity contribution in [1.29, 1.82) is 0 Å². The lowest BCUT2D eigenvalue weighted by atomic mass is 10.0. The van der Waals surface area contributed by atoms with E-state index in [9.17, 15) is 9.59 Å². The number of carbonyl (C=O) groups excluding carboxylic acids is 2. The van der Waals surface area contributed by atoms with Crippen LogP contribution in [0.2, 0.25) is 0 Å². The molecule has 0 atom stereocenters. The van der Waals surface area contributed by atoms with Gasteiger partial charge in [-0.3, -0.25) is 9.59 Å². The molecule has 4 nitrogen and oxygen atoms in total. The zero-order chi connectivity index (χ0) is 22.6. The SMILES string of the molecule is O=C(Cc1ccc2ccccc2c1)Nc1nc(-c2ccccc2)c(C(=O)c2ccccc2)s1. The number of rotatable bonds is 6. The predicted molar refractivity (Wildman–Crippen MR) is 134 cm³/mol. The molecule has 0 radical (unpaired) electrons. The van der Waals surface area contributed by atoms with Crippen molar-refractivity contribution >= 4 is 38.9 Å². The molecule has 0 saturated heterocycles. The first-order valence-electron chi connectivity index (χ1n) is 10.6. The number of carbonyl (C=O) groups is 2. The Hall–Kier alpha value is -4.09. The molecule has 4 aromatic carbocycles. The molecule has 5 aromatic rings. The minimum Gasteiger partial charge on any atom is -0.302 e. The fourth-order valence-electron chi connectivity index (χ4n) is 3.74. The van der Waals surface area contributed by atoms with Crippen LogP contribution in [0.5, 0.6) is 0 Å². The number of hydrogen-bond acceptors (Lipinski definition) is 4. The van der Waals surface area contributed by atoms with Crippen molar-refractivity contribution < 1.29 is 9.59 Å².